The van der Waals surface area contributed by atoms with Crippen LogP contribution in [0.1, 0.15) is 40.9 Å². The lowest BCUT2D eigenvalue weighted by Crippen LogP contribution is -2.39. The molecule has 27 heavy (non-hydrogen) atoms. The van der Waals surface area contributed by atoms with Gasteiger partial charge in [0.2, 0.25) is 5.89 Å². The number of ether oxygens (including phenoxy) is 1. The lowest BCUT2D eigenvalue weighted by atomic mass is 9.97. The standard InChI is InChI=1S/C21H21N3O3/c25-21(16-8-3-1-4-9-16)24-13-7-10-17(14-24)20-23-22-19(27-20)15-26-18-11-5-2-6-12-18/h1-6,8-9,11-12,17H,7,10,13-15H2. The molecule has 4 rings (SSSR count). The van der Waals surface area contributed by atoms with Crippen LogP contribution in [0.2, 0.25) is 0 Å². The van der Waals surface area contributed by atoms with Crippen molar-refractivity contribution in [2.45, 2.75) is 25.4 Å². The number of hydrogen-bond donors (Lipinski definition) is 0. The summed E-state index contributed by atoms with van der Waals surface area (Å²) >= 11 is 0. The van der Waals surface area contributed by atoms with Crippen molar-refractivity contribution in [1.82, 2.24) is 15.1 Å². The number of para-hydroxylation sites is 1. The van der Waals surface area contributed by atoms with Crippen molar-refractivity contribution in [3.05, 3.63) is 78.0 Å². The van der Waals surface area contributed by atoms with E-state index in [-0.39, 0.29) is 18.4 Å². The lowest BCUT2D eigenvalue weighted by molar-refractivity contribution is 0.0697. The van der Waals surface area contributed by atoms with Crippen molar-refractivity contribution in [1.29, 1.82) is 0 Å². The predicted octanol–water partition coefficient (Wildman–Crippen LogP) is 3.67. The molecule has 1 atom stereocenters. The van der Waals surface area contributed by atoms with Gasteiger partial charge in [0.05, 0.1) is 5.92 Å². The van der Waals surface area contributed by atoms with Gasteiger partial charge in [0.15, 0.2) is 6.61 Å². The quantitative estimate of drug-likeness (QED) is 0.692. The summed E-state index contributed by atoms with van der Waals surface area (Å²) in [5.41, 5.74) is 0.709. The van der Waals surface area contributed by atoms with Crippen molar-refractivity contribution in [2.24, 2.45) is 0 Å². The molecule has 0 radical (unpaired) electrons. The molecule has 0 aliphatic carbocycles. The molecule has 1 amide bonds. The zero-order valence-electron chi connectivity index (χ0n) is 15.0. The van der Waals surface area contributed by atoms with Crippen molar-refractivity contribution in [3.8, 4) is 5.75 Å². The van der Waals surface area contributed by atoms with Gasteiger partial charge in [-0.05, 0) is 37.1 Å². The maximum Gasteiger partial charge on any atom is 0.253 e. The zero-order chi connectivity index (χ0) is 18.5. The van der Waals surface area contributed by atoms with Gasteiger partial charge in [-0.15, -0.1) is 10.2 Å². The minimum Gasteiger partial charge on any atom is -0.484 e. The highest BCUT2D eigenvalue weighted by Gasteiger charge is 2.28. The number of benzene rings is 2. The number of likely N-dealkylation sites (tertiary alicyclic amines) is 1. The molecule has 1 fully saturated rings. The van der Waals surface area contributed by atoms with Crippen LogP contribution < -0.4 is 4.74 Å². The summed E-state index contributed by atoms with van der Waals surface area (Å²) in [6, 6.07) is 18.9. The molecular formula is C21H21N3O3. The number of aromatic nitrogens is 2. The van der Waals surface area contributed by atoms with Gasteiger partial charge in [-0.1, -0.05) is 36.4 Å². The van der Waals surface area contributed by atoms with Crippen LogP contribution in [-0.4, -0.2) is 34.1 Å². The van der Waals surface area contributed by atoms with Crippen LogP contribution in [-0.2, 0) is 6.61 Å². The topological polar surface area (TPSA) is 68.5 Å². The maximum atomic E-state index is 12.7. The second-order valence-electron chi connectivity index (χ2n) is 6.59. The minimum atomic E-state index is 0.0486. The molecule has 1 aliphatic heterocycles. The van der Waals surface area contributed by atoms with Crippen LogP contribution in [0, 0.1) is 0 Å². The molecule has 6 heteroatoms. The Kier molecular flexibility index (Phi) is 5.14. The number of carbonyl (C=O) groups is 1. The number of carbonyl (C=O) groups excluding carboxylic acids is 1. The summed E-state index contributed by atoms with van der Waals surface area (Å²) in [7, 11) is 0. The van der Waals surface area contributed by atoms with Gasteiger partial charge >= 0.3 is 0 Å². The van der Waals surface area contributed by atoms with E-state index in [1.165, 1.54) is 0 Å². The van der Waals surface area contributed by atoms with Crippen LogP contribution in [0.4, 0.5) is 0 Å². The Morgan fingerprint density at radius 3 is 2.59 bits per heavy atom. The number of rotatable bonds is 5. The van der Waals surface area contributed by atoms with Gasteiger partial charge in [-0.2, -0.15) is 0 Å². The van der Waals surface area contributed by atoms with E-state index >= 15 is 0 Å². The SMILES string of the molecule is O=C(c1ccccc1)N1CCCC(c2nnc(COc3ccccc3)o2)C1. The van der Waals surface area contributed by atoms with Crippen LogP contribution in [0.5, 0.6) is 5.75 Å². The van der Waals surface area contributed by atoms with Crippen molar-refractivity contribution in [3.63, 3.8) is 0 Å². The molecule has 0 spiro atoms. The molecule has 6 nitrogen and oxygen atoms in total. The smallest absolute Gasteiger partial charge is 0.253 e. The third-order valence-corrected chi connectivity index (χ3v) is 4.67. The summed E-state index contributed by atoms with van der Waals surface area (Å²) in [5, 5.41) is 8.27. The van der Waals surface area contributed by atoms with Crippen molar-refractivity contribution >= 4 is 5.91 Å². The Labute approximate surface area is 157 Å². The van der Waals surface area contributed by atoms with E-state index in [9.17, 15) is 4.79 Å². The molecule has 1 aromatic heterocycles. The Bertz CT molecular complexity index is 880. The van der Waals surface area contributed by atoms with Gasteiger partial charge in [-0.25, -0.2) is 0 Å². The highest BCUT2D eigenvalue weighted by atomic mass is 16.5. The summed E-state index contributed by atoms with van der Waals surface area (Å²) in [5.74, 6) is 1.89. The molecule has 2 heterocycles. The second kappa shape index (κ2) is 8.03. The molecule has 3 aromatic rings. The van der Waals surface area contributed by atoms with E-state index in [0.717, 1.165) is 25.1 Å². The maximum absolute atomic E-state index is 12.7. The van der Waals surface area contributed by atoms with Gasteiger partial charge in [0, 0.05) is 18.7 Å². The Morgan fingerprint density at radius 1 is 1.07 bits per heavy atom. The van der Waals surface area contributed by atoms with E-state index in [1.807, 2.05) is 65.6 Å². The number of piperidine rings is 1. The molecule has 1 saturated heterocycles. The van der Waals surface area contributed by atoms with E-state index in [2.05, 4.69) is 10.2 Å². The van der Waals surface area contributed by atoms with Crippen LogP contribution >= 0.6 is 0 Å². The molecule has 1 aliphatic rings. The Hall–Kier alpha value is -3.15. The molecule has 0 N–H and O–H groups in total. The summed E-state index contributed by atoms with van der Waals surface area (Å²) in [6.45, 7) is 1.58. The highest BCUT2D eigenvalue weighted by molar-refractivity contribution is 5.94. The number of nitrogens with zero attached hydrogens (tertiary/aromatic N) is 3. The summed E-state index contributed by atoms with van der Waals surface area (Å²) < 4.78 is 11.4. The normalized spacial score (nSPS) is 16.9. The van der Waals surface area contributed by atoms with E-state index in [4.69, 9.17) is 9.15 Å². The first-order valence-corrected chi connectivity index (χ1v) is 9.14. The molecular weight excluding hydrogens is 342 g/mol. The fourth-order valence-electron chi connectivity index (χ4n) is 3.28. The van der Waals surface area contributed by atoms with Gasteiger partial charge in [0.1, 0.15) is 5.75 Å². The monoisotopic (exact) mass is 363 g/mol. The predicted molar refractivity (Wildman–Crippen MR) is 99.4 cm³/mol. The number of hydrogen-bond acceptors (Lipinski definition) is 5. The minimum absolute atomic E-state index is 0.0486. The molecule has 138 valence electrons. The third-order valence-electron chi connectivity index (χ3n) is 4.67. The van der Waals surface area contributed by atoms with E-state index in [1.54, 1.807) is 0 Å². The first kappa shape index (κ1) is 17.3. The summed E-state index contributed by atoms with van der Waals surface area (Å²) in [6.07, 6.45) is 1.85. The zero-order valence-corrected chi connectivity index (χ0v) is 15.0. The van der Waals surface area contributed by atoms with Crippen molar-refractivity contribution in [2.75, 3.05) is 13.1 Å². The average Bonchev–Trinajstić information content (AvgIpc) is 3.22. The van der Waals surface area contributed by atoms with Crippen LogP contribution in [0.3, 0.4) is 0 Å². The van der Waals surface area contributed by atoms with Gasteiger partial charge in [-0.3, -0.25) is 4.79 Å². The van der Waals surface area contributed by atoms with Gasteiger partial charge < -0.3 is 14.1 Å². The average molecular weight is 363 g/mol. The molecule has 0 bridgehead atoms. The van der Waals surface area contributed by atoms with E-state index in [0.29, 0.717) is 23.9 Å². The first-order valence-electron chi connectivity index (χ1n) is 9.14. The molecule has 1 unspecified atom stereocenters. The lowest BCUT2D eigenvalue weighted by Gasteiger charge is -2.31. The van der Waals surface area contributed by atoms with E-state index < -0.39 is 0 Å². The Morgan fingerprint density at radius 2 is 1.81 bits per heavy atom. The van der Waals surface area contributed by atoms with Gasteiger partial charge in [0.25, 0.3) is 11.8 Å². The second-order valence-corrected chi connectivity index (χ2v) is 6.59. The number of amides is 1. The highest BCUT2D eigenvalue weighted by Crippen LogP contribution is 2.27. The largest absolute Gasteiger partial charge is 0.484 e. The third kappa shape index (κ3) is 4.16. The first-order chi connectivity index (χ1) is 13.3. The molecule has 0 saturated carbocycles. The van der Waals surface area contributed by atoms with Crippen LogP contribution in [0.15, 0.2) is 65.1 Å². The van der Waals surface area contributed by atoms with Crippen LogP contribution in [0.25, 0.3) is 0 Å². The fourth-order valence-corrected chi connectivity index (χ4v) is 3.28. The fraction of sp³-hybridized carbons (Fsp3) is 0.286. The summed E-state index contributed by atoms with van der Waals surface area (Å²) in [4.78, 5) is 14.5. The van der Waals surface area contributed by atoms with Crippen molar-refractivity contribution < 1.29 is 13.9 Å². The molecule has 2 aromatic carbocycles. The Balaban J connectivity index is 1.38.